The number of carbonyl (C=O) groups excluding carboxylic acids is 1. The molecule has 2 aromatic carbocycles. The predicted octanol–water partition coefficient (Wildman–Crippen LogP) is 6.89. The van der Waals surface area contributed by atoms with Crippen LogP contribution in [0.15, 0.2) is 91.8 Å². The number of hydrogen-bond donors (Lipinski definition) is 2. The van der Waals surface area contributed by atoms with E-state index in [-0.39, 0.29) is 41.8 Å². The van der Waals surface area contributed by atoms with E-state index in [1.807, 2.05) is 12.1 Å². The Kier molecular flexibility index (Phi) is 9.46. The highest BCUT2D eigenvalue weighted by Gasteiger charge is 2.31. The predicted molar refractivity (Wildman–Crippen MR) is 151 cm³/mol. The molecule has 0 radical (unpaired) electrons. The van der Waals surface area contributed by atoms with Crippen molar-refractivity contribution in [1.82, 2.24) is 24.5 Å². The molecule has 206 valence electrons. The largest absolute Gasteiger partial charge is 0.416 e. The van der Waals surface area contributed by atoms with Crippen molar-refractivity contribution in [2.75, 3.05) is 10.6 Å². The Morgan fingerprint density at radius 2 is 1.70 bits per heavy atom. The molecule has 0 spiro atoms. The van der Waals surface area contributed by atoms with Crippen LogP contribution in [0.3, 0.4) is 0 Å². The van der Waals surface area contributed by atoms with Gasteiger partial charge in [0.2, 0.25) is 5.95 Å². The maximum atomic E-state index is 13.5. The third-order valence-corrected chi connectivity index (χ3v) is 5.53. The van der Waals surface area contributed by atoms with E-state index < -0.39 is 17.6 Å². The van der Waals surface area contributed by atoms with Gasteiger partial charge >= 0.3 is 6.18 Å². The van der Waals surface area contributed by atoms with E-state index in [1.54, 1.807) is 62.0 Å². The molecular formula is C27H22Cl2F3N7O. The first-order valence-electron chi connectivity index (χ1n) is 11.4. The van der Waals surface area contributed by atoms with Gasteiger partial charge in [0.1, 0.15) is 0 Å². The maximum Gasteiger partial charge on any atom is 0.416 e. The van der Waals surface area contributed by atoms with Crippen molar-refractivity contribution in [3.05, 3.63) is 109 Å². The number of imidazole rings is 1. The number of amides is 1. The quantitative estimate of drug-likeness (QED) is 0.224. The molecule has 0 bridgehead atoms. The van der Waals surface area contributed by atoms with Crippen LogP contribution < -0.4 is 10.6 Å². The Bertz CT molecular complexity index is 1590. The lowest BCUT2D eigenvalue weighted by atomic mass is 10.1. The van der Waals surface area contributed by atoms with Gasteiger partial charge < -0.3 is 15.2 Å². The molecule has 1 amide bonds. The average molecular weight is 588 g/mol. The van der Waals surface area contributed by atoms with E-state index in [0.29, 0.717) is 23.0 Å². The molecule has 0 saturated carbocycles. The number of halogens is 5. The lowest BCUT2D eigenvalue weighted by Crippen LogP contribution is -2.14. The van der Waals surface area contributed by atoms with Gasteiger partial charge in [0.05, 0.1) is 23.3 Å². The van der Waals surface area contributed by atoms with Crippen molar-refractivity contribution >= 4 is 48.0 Å². The first-order chi connectivity index (χ1) is 18.2. The molecule has 0 fully saturated rings. The average Bonchev–Trinajstić information content (AvgIpc) is 3.35. The van der Waals surface area contributed by atoms with E-state index in [9.17, 15) is 18.0 Å². The first kappa shape index (κ1) is 30.1. The number of aromatic nitrogens is 5. The fourth-order valence-electron chi connectivity index (χ4n) is 3.69. The highest BCUT2D eigenvalue weighted by Crippen LogP contribution is 2.33. The minimum Gasteiger partial charge on any atom is -0.324 e. The third kappa shape index (κ3) is 7.13. The Hall–Kier alpha value is -4.48. The van der Waals surface area contributed by atoms with Gasteiger partial charge in [-0.05, 0) is 67.6 Å². The van der Waals surface area contributed by atoms with Gasteiger partial charge in [0.25, 0.3) is 5.91 Å². The zero-order chi connectivity index (χ0) is 26.7. The van der Waals surface area contributed by atoms with Crippen LogP contribution in [-0.4, -0.2) is 30.4 Å². The summed E-state index contributed by atoms with van der Waals surface area (Å²) in [5.41, 5.74) is 2.42. The highest BCUT2D eigenvalue weighted by molar-refractivity contribution is 6.04. The molecule has 3 aromatic heterocycles. The van der Waals surface area contributed by atoms with Gasteiger partial charge in [-0.1, -0.05) is 0 Å². The van der Waals surface area contributed by atoms with Gasteiger partial charge in [0.15, 0.2) is 0 Å². The molecule has 5 rings (SSSR count). The smallest absolute Gasteiger partial charge is 0.324 e. The number of benzene rings is 2. The SMILES string of the molecule is Cc1cn(-c2cc(NC(=O)c3ccc(Nc4nccc(-c5cccnc5)n4)cc3)cc(C(F)(F)F)c2)cn1.Cl.Cl. The maximum absolute atomic E-state index is 13.5. The number of anilines is 3. The number of nitrogens with zero attached hydrogens (tertiary/aromatic N) is 5. The van der Waals surface area contributed by atoms with Crippen molar-refractivity contribution in [3.8, 4) is 16.9 Å². The summed E-state index contributed by atoms with van der Waals surface area (Å²) in [6.07, 6.45) is 3.42. The minimum absolute atomic E-state index is 0. The summed E-state index contributed by atoms with van der Waals surface area (Å²) in [4.78, 5) is 29.7. The lowest BCUT2D eigenvalue weighted by molar-refractivity contribution is -0.137. The molecule has 0 unspecified atom stereocenters. The van der Waals surface area contributed by atoms with Crippen LogP contribution in [0.4, 0.5) is 30.5 Å². The molecule has 0 aliphatic heterocycles. The van der Waals surface area contributed by atoms with E-state index in [2.05, 4.69) is 30.6 Å². The monoisotopic (exact) mass is 587 g/mol. The zero-order valence-corrected chi connectivity index (χ0v) is 22.4. The molecule has 0 aliphatic carbocycles. The molecule has 5 aromatic rings. The molecule has 0 aliphatic rings. The Labute approximate surface area is 239 Å². The molecule has 0 saturated heterocycles. The van der Waals surface area contributed by atoms with Crippen LogP contribution in [0.25, 0.3) is 16.9 Å². The summed E-state index contributed by atoms with van der Waals surface area (Å²) in [7, 11) is 0. The van der Waals surface area contributed by atoms with Crippen LogP contribution in [-0.2, 0) is 6.18 Å². The second-order valence-corrected chi connectivity index (χ2v) is 8.35. The van der Waals surface area contributed by atoms with Crippen LogP contribution in [0.1, 0.15) is 21.6 Å². The van der Waals surface area contributed by atoms with Crippen molar-refractivity contribution in [2.24, 2.45) is 0 Å². The molecular weight excluding hydrogens is 566 g/mol. The highest BCUT2D eigenvalue weighted by atomic mass is 35.5. The summed E-state index contributed by atoms with van der Waals surface area (Å²) in [5, 5.41) is 5.63. The van der Waals surface area contributed by atoms with Gasteiger partial charge in [-0.25, -0.2) is 15.0 Å². The zero-order valence-electron chi connectivity index (χ0n) is 20.8. The summed E-state index contributed by atoms with van der Waals surface area (Å²) in [6, 6.07) is 15.2. The van der Waals surface area contributed by atoms with Crippen LogP contribution in [0.2, 0.25) is 0 Å². The van der Waals surface area contributed by atoms with Crippen LogP contribution in [0, 0.1) is 6.92 Å². The molecule has 0 atom stereocenters. The van der Waals surface area contributed by atoms with E-state index in [0.717, 1.165) is 17.7 Å². The molecule has 13 heteroatoms. The van der Waals surface area contributed by atoms with E-state index in [4.69, 9.17) is 0 Å². The summed E-state index contributed by atoms with van der Waals surface area (Å²) in [6.45, 7) is 1.73. The number of alkyl halides is 3. The van der Waals surface area contributed by atoms with Crippen molar-refractivity contribution < 1.29 is 18.0 Å². The van der Waals surface area contributed by atoms with Crippen molar-refractivity contribution in [1.29, 1.82) is 0 Å². The lowest BCUT2D eigenvalue weighted by Gasteiger charge is -2.14. The van der Waals surface area contributed by atoms with Crippen LogP contribution >= 0.6 is 24.8 Å². The molecule has 3 heterocycles. The Balaban J connectivity index is 0.00000220. The normalized spacial score (nSPS) is 10.7. The number of carbonyl (C=O) groups is 1. The van der Waals surface area contributed by atoms with Crippen molar-refractivity contribution in [3.63, 3.8) is 0 Å². The van der Waals surface area contributed by atoms with Gasteiger partial charge in [-0.3, -0.25) is 9.78 Å². The topological polar surface area (TPSA) is 97.6 Å². The summed E-state index contributed by atoms with van der Waals surface area (Å²) in [5.74, 6) is -0.201. The second-order valence-electron chi connectivity index (χ2n) is 8.35. The first-order valence-corrected chi connectivity index (χ1v) is 11.4. The fraction of sp³-hybridized carbons (Fsp3) is 0.0741. The minimum atomic E-state index is -4.59. The van der Waals surface area contributed by atoms with Gasteiger partial charge in [-0.2, -0.15) is 13.2 Å². The number of aryl methyl sites for hydroxylation is 1. The Morgan fingerprint density at radius 1 is 0.925 bits per heavy atom. The molecule has 8 nitrogen and oxygen atoms in total. The van der Waals surface area contributed by atoms with Crippen LogP contribution in [0.5, 0.6) is 0 Å². The van der Waals surface area contributed by atoms with Gasteiger partial charge in [-0.15, -0.1) is 24.8 Å². The second kappa shape index (κ2) is 12.6. The number of nitrogens with one attached hydrogen (secondary N) is 2. The van der Waals surface area contributed by atoms with E-state index in [1.165, 1.54) is 17.0 Å². The fourth-order valence-corrected chi connectivity index (χ4v) is 3.69. The number of pyridine rings is 1. The van der Waals surface area contributed by atoms with Crippen molar-refractivity contribution in [2.45, 2.75) is 13.1 Å². The summed E-state index contributed by atoms with van der Waals surface area (Å²) >= 11 is 0. The summed E-state index contributed by atoms with van der Waals surface area (Å²) < 4.78 is 42.0. The molecule has 2 N–H and O–H groups in total. The number of rotatable bonds is 6. The molecule has 40 heavy (non-hydrogen) atoms. The van der Waals surface area contributed by atoms with E-state index >= 15 is 0 Å². The van der Waals surface area contributed by atoms with Gasteiger partial charge in [0, 0.05) is 53.0 Å². The number of hydrogen-bond acceptors (Lipinski definition) is 6. The standard InChI is InChI=1S/C27H20F3N7O.2ClH/c1-17-15-37(16-33-17)23-12-20(27(28,29)30)11-22(13-23)34-25(38)18-4-6-21(7-5-18)35-26-32-10-8-24(36-26)19-3-2-9-31-14-19;;/h2-16H,1H3,(H,34,38)(H,32,35,36);2*1H. The third-order valence-electron chi connectivity index (χ3n) is 5.53. The Morgan fingerprint density at radius 3 is 2.35 bits per heavy atom.